The number of fused-ring (bicyclic) bond motifs is 1. The fraction of sp³-hybridized carbons (Fsp3) is 0.250. The third kappa shape index (κ3) is 4.60. The number of alkyl halides is 3. The van der Waals surface area contributed by atoms with E-state index in [9.17, 15) is 18.0 Å². The number of carbonyl (C=O) groups excluding carboxylic acids is 1. The molecule has 0 spiro atoms. The van der Waals surface area contributed by atoms with E-state index < -0.39 is 11.7 Å². The summed E-state index contributed by atoms with van der Waals surface area (Å²) in [5.41, 5.74) is 8.78. The van der Waals surface area contributed by atoms with Crippen molar-refractivity contribution in [2.75, 3.05) is 17.2 Å². The average molecular weight is 433 g/mol. The van der Waals surface area contributed by atoms with Crippen LogP contribution in [-0.2, 0) is 23.8 Å². The summed E-state index contributed by atoms with van der Waals surface area (Å²) < 4.78 is 42.2. The topological polar surface area (TPSA) is 92.9 Å². The first-order chi connectivity index (χ1) is 14.3. The van der Waals surface area contributed by atoms with Crippen molar-refractivity contribution in [1.29, 1.82) is 0 Å². The van der Waals surface area contributed by atoms with E-state index in [-0.39, 0.29) is 11.9 Å². The summed E-state index contributed by atoms with van der Waals surface area (Å²) in [6.07, 6.45) is -3.57. The van der Waals surface area contributed by atoms with Crippen LogP contribution in [0.5, 0.6) is 0 Å². The van der Waals surface area contributed by atoms with Gasteiger partial charge in [-0.05, 0) is 59.4 Å². The molecule has 0 fully saturated rings. The van der Waals surface area contributed by atoms with Gasteiger partial charge in [0.25, 0.3) is 0 Å². The molecule has 0 radical (unpaired) electrons. The number of nitrogens with two attached hydrogens (primary N) is 1. The minimum absolute atomic E-state index is 0.0243. The maximum Gasteiger partial charge on any atom is 0.416 e. The lowest BCUT2D eigenvalue weighted by Crippen LogP contribution is -2.31. The second-order valence-electron chi connectivity index (χ2n) is 7.06. The summed E-state index contributed by atoms with van der Waals surface area (Å²) in [6, 6.07) is 10.3. The highest BCUT2D eigenvalue weighted by Crippen LogP contribution is 2.31. The van der Waals surface area contributed by atoms with Crippen LogP contribution >= 0.6 is 11.5 Å². The summed E-state index contributed by atoms with van der Waals surface area (Å²) in [6.45, 7) is 0.375. The second kappa shape index (κ2) is 8.04. The normalized spacial score (nSPS) is 14.3. The van der Waals surface area contributed by atoms with E-state index in [1.807, 2.05) is 18.2 Å². The summed E-state index contributed by atoms with van der Waals surface area (Å²) in [7, 11) is 0. The highest BCUT2D eigenvalue weighted by molar-refractivity contribution is 7.09. The quantitative estimate of drug-likeness (QED) is 0.551. The molecular weight excluding hydrogens is 415 g/mol. The Bertz CT molecular complexity index is 1070. The third-order valence-electron chi connectivity index (χ3n) is 4.70. The molecule has 0 saturated heterocycles. The lowest BCUT2D eigenvalue weighted by atomic mass is 10.0. The van der Waals surface area contributed by atoms with Crippen molar-refractivity contribution in [3.63, 3.8) is 0 Å². The number of halogens is 3. The molecule has 6 nitrogen and oxygen atoms in total. The molecule has 2 heterocycles. The first-order valence-electron chi connectivity index (χ1n) is 9.20. The number of hydrogen-bond donors (Lipinski definition) is 3. The van der Waals surface area contributed by atoms with E-state index >= 15 is 0 Å². The summed E-state index contributed by atoms with van der Waals surface area (Å²) in [5.74, 6) is 0.413. The molecule has 1 amide bonds. The van der Waals surface area contributed by atoms with Crippen LogP contribution < -0.4 is 16.4 Å². The van der Waals surface area contributed by atoms with Gasteiger partial charge in [0.2, 0.25) is 11.9 Å². The van der Waals surface area contributed by atoms with Crippen LogP contribution in [0.3, 0.4) is 0 Å². The standard InChI is InChI=1S/C20H18F3N5OS/c21-20(22,23)14-4-1-11(2-5-14)7-15(24)10-25-19-27-18(30-28-19)12-3-6-16-13(8-12)9-17(29)26-16/h1-6,8,15H,7,9-10,24H2,(H,25,28)(H,26,29). The van der Waals surface area contributed by atoms with E-state index in [1.54, 1.807) is 0 Å². The second-order valence-corrected chi connectivity index (χ2v) is 7.81. The van der Waals surface area contributed by atoms with Crippen LogP contribution in [0, 0.1) is 0 Å². The molecule has 0 aliphatic carbocycles. The minimum Gasteiger partial charge on any atom is -0.352 e. The Labute approximate surface area is 174 Å². The molecule has 1 aliphatic heterocycles. The van der Waals surface area contributed by atoms with E-state index in [0.717, 1.165) is 39.5 Å². The Balaban J connectivity index is 1.33. The van der Waals surface area contributed by atoms with Crippen molar-refractivity contribution >= 4 is 29.1 Å². The van der Waals surface area contributed by atoms with Gasteiger partial charge in [-0.3, -0.25) is 4.79 Å². The lowest BCUT2D eigenvalue weighted by Gasteiger charge is -2.13. The Hall–Kier alpha value is -2.98. The van der Waals surface area contributed by atoms with Gasteiger partial charge in [0.1, 0.15) is 5.01 Å². The van der Waals surface area contributed by atoms with Gasteiger partial charge in [0, 0.05) is 23.8 Å². The summed E-state index contributed by atoms with van der Waals surface area (Å²) >= 11 is 1.23. The maximum absolute atomic E-state index is 12.6. The van der Waals surface area contributed by atoms with Gasteiger partial charge >= 0.3 is 6.18 Å². The van der Waals surface area contributed by atoms with Gasteiger partial charge in [-0.25, -0.2) is 0 Å². The number of nitrogens with zero attached hydrogens (tertiary/aromatic N) is 2. The van der Waals surface area contributed by atoms with Gasteiger partial charge in [-0.2, -0.15) is 22.5 Å². The molecule has 0 bridgehead atoms. The SMILES string of the molecule is NC(CNc1nsc(-c2ccc3c(c2)CC(=O)N3)n1)Cc1ccc(C(F)(F)F)cc1. The van der Waals surface area contributed by atoms with E-state index in [0.29, 0.717) is 25.3 Å². The van der Waals surface area contributed by atoms with Crippen LogP contribution in [0.2, 0.25) is 0 Å². The fourth-order valence-corrected chi connectivity index (χ4v) is 3.84. The molecule has 1 atom stereocenters. The zero-order chi connectivity index (χ0) is 21.3. The first-order valence-corrected chi connectivity index (χ1v) is 9.98. The predicted molar refractivity (Wildman–Crippen MR) is 109 cm³/mol. The number of aromatic nitrogens is 2. The number of anilines is 2. The molecule has 10 heteroatoms. The molecule has 1 unspecified atom stereocenters. The fourth-order valence-electron chi connectivity index (χ4n) is 3.20. The Morgan fingerprint density at radius 1 is 1.20 bits per heavy atom. The zero-order valence-corrected chi connectivity index (χ0v) is 16.5. The monoisotopic (exact) mass is 433 g/mol. The van der Waals surface area contributed by atoms with Crippen molar-refractivity contribution < 1.29 is 18.0 Å². The van der Waals surface area contributed by atoms with Crippen LogP contribution in [-0.4, -0.2) is 27.9 Å². The third-order valence-corrected chi connectivity index (χ3v) is 5.47. The highest BCUT2D eigenvalue weighted by atomic mass is 32.1. The summed E-state index contributed by atoms with van der Waals surface area (Å²) in [5, 5.41) is 6.58. The van der Waals surface area contributed by atoms with Crippen LogP contribution in [0.25, 0.3) is 10.6 Å². The molecule has 156 valence electrons. The van der Waals surface area contributed by atoms with Crippen molar-refractivity contribution in [3.05, 3.63) is 59.2 Å². The number of rotatable bonds is 6. The van der Waals surface area contributed by atoms with Crippen LogP contribution in [0.15, 0.2) is 42.5 Å². The number of benzene rings is 2. The zero-order valence-electron chi connectivity index (χ0n) is 15.7. The van der Waals surface area contributed by atoms with Gasteiger partial charge in [-0.15, -0.1) is 0 Å². The Morgan fingerprint density at radius 2 is 1.97 bits per heavy atom. The van der Waals surface area contributed by atoms with Crippen molar-refractivity contribution in [2.24, 2.45) is 5.73 Å². The summed E-state index contributed by atoms with van der Waals surface area (Å²) in [4.78, 5) is 15.9. The minimum atomic E-state index is -4.35. The van der Waals surface area contributed by atoms with Gasteiger partial charge in [0.05, 0.1) is 12.0 Å². The largest absolute Gasteiger partial charge is 0.416 e. The van der Waals surface area contributed by atoms with E-state index in [1.165, 1.54) is 23.7 Å². The molecule has 3 aromatic rings. The van der Waals surface area contributed by atoms with Crippen LogP contribution in [0.1, 0.15) is 16.7 Å². The highest BCUT2D eigenvalue weighted by Gasteiger charge is 2.30. The molecule has 1 aromatic heterocycles. The molecule has 2 aromatic carbocycles. The van der Waals surface area contributed by atoms with Crippen LogP contribution in [0.4, 0.5) is 24.8 Å². The van der Waals surface area contributed by atoms with E-state index in [2.05, 4.69) is 20.0 Å². The molecular formula is C20H18F3N5OS. The average Bonchev–Trinajstić information content (AvgIpc) is 3.31. The number of carbonyl (C=O) groups is 1. The number of amides is 1. The maximum atomic E-state index is 12.6. The molecule has 0 saturated carbocycles. The van der Waals surface area contributed by atoms with Crippen molar-refractivity contribution in [2.45, 2.75) is 25.1 Å². The molecule has 4 rings (SSSR count). The smallest absolute Gasteiger partial charge is 0.352 e. The number of nitrogens with one attached hydrogen (secondary N) is 2. The van der Waals surface area contributed by atoms with Crippen molar-refractivity contribution in [1.82, 2.24) is 9.36 Å². The predicted octanol–water partition coefficient (Wildman–Crippen LogP) is 3.70. The molecule has 4 N–H and O–H groups in total. The van der Waals surface area contributed by atoms with Crippen molar-refractivity contribution in [3.8, 4) is 10.6 Å². The van der Waals surface area contributed by atoms with Gasteiger partial charge in [-0.1, -0.05) is 12.1 Å². The Morgan fingerprint density at radius 3 is 2.70 bits per heavy atom. The number of hydrogen-bond acceptors (Lipinski definition) is 6. The molecule has 30 heavy (non-hydrogen) atoms. The first kappa shape index (κ1) is 20.3. The lowest BCUT2D eigenvalue weighted by molar-refractivity contribution is -0.137. The molecule has 1 aliphatic rings. The van der Waals surface area contributed by atoms with Gasteiger partial charge < -0.3 is 16.4 Å². The van der Waals surface area contributed by atoms with E-state index in [4.69, 9.17) is 5.73 Å². The Kier molecular flexibility index (Phi) is 5.44. The van der Waals surface area contributed by atoms with Gasteiger partial charge in [0.15, 0.2) is 0 Å².